The van der Waals surface area contributed by atoms with Crippen molar-refractivity contribution in [2.24, 2.45) is 0 Å². The first-order valence-corrected chi connectivity index (χ1v) is 7.28. The molecule has 1 aliphatic rings. The number of nitrogens with one attached hydrogen (secondary N) is 2. The van der Waals surface area contributed by atoms with E-state index in [1.165, 1.54) is 37.4 Å². The highest BCUT2D eigenvalue weighted by molar-refractivity contribution is 6.51. The molecule has 0 saturated heterocycles. The molecule has 0 bridgehead atoms. The molecule has 0 spiro atoms. The molecule has 28 heavy (non-hydrogen) atoms. The van der Waals surface area contributed by atoms with Crippen molar-refractivity contribution in [2.75, 3.05) is 12.4 Å². The highest BCUT2D eigenvalue weighted by Crippen LogP contribution is 2.23. The third-order valence-corrected chi connectivity index (χ3v) is 3.58. The first-order valence-electron chi connectivity index (χ1n) is 7.28. The van der Waals surface area contributed by atoms with Crippen LogP contribution in [0.15, 0.2) is 36.4 Å². The summed E-state index contributed by atoms with van der Waals surface area (Å²) in [6, 6.07) is 7.66. The minimum Gasteiger partial charge on any atom is -0.464 e. The van der Waals surface area contributed by atoms with E-state index >= 15 is 0 Å². The fourth-order valence-corrected chi connectivity index (χ4v) is 2.35. The SMILES string of the molecule is C.C.COC(=O)c1n[nH]c2ccc(F)cc12.O=C1Nc2ccc(F)cc2C1=O. The molecule has 0 saturated carbocycles. The van der Waals surface area contributed by atoms with Crippen LogP contribution in [0.2, 0.25) is 0 Å². The van der Waals surface area contributed by atoms with Gasteiger partial charge in [-0.15, -0.1) is 0 Å². The number of ether oxygens (including phenoxy) is 1. The van der Waals surface area contributed by atoms with E-state index in [2.05, 4.69) is 20.3 Å². The first-order chi connectivity index (χ1) is 12.4. The van der Waals surface area contributed by atoms with Gasteiger partial charge in [0.1, 0.15) is 11.6 Å². The number of hydrogen-bond acceptors (Lipinski definition) is 5. The summed E-state index contributed by atoms with van der Waals surface area (Å²) in [5.74, 6) is -2.88. The predicted molar refractivity (Wildman–Crippen MR) is 100 cm³/mol. The molecule has 4 rings (SSSR count). The van der Waals surface area contributed by atoms with Crippen LogP contribution in [-0.4, -0.2) is 35.0 Å². The number of fused-ring (bicyclic) bond motifs is 2. The summed E-state index contributed by atoms with van der Waals surface area (Å²) >= 11 is 0. The lowest BCUT2D eigenvalue weighted by Gasteiger charge is -1.94. The van der Waals surface area contributed by atoms with Gasteiger partial charge in [0.25, 0.3) is 11.7 Å². The third kappa shape index (κ3) is 4.20. The fourth-order valence-electron chi connectivity index (χ4n) is 2.35. The number of H-pyrrole nitrogens is 1. The molecule has 2 aromatic carbocycles. The van der Waals surface area contributed by atoms with Crippen molar-refractivity contribution in [1.82, 2.24) is 10.2 Å². The lowest BCUT2D eigenvalue weighted by atomic mass is 10.1. The van der Waals surface area contributed by atoms with Crippen LogP contribution >= 0.6 is 0 Å². The number of nitrogens with zero attached hydrogens (tertiary/aromatic N) is 1. The van der Waals surface area contributed by atoms with E-state index in [0.717, 1.165) is 6.07 Å². The summed E-state index contributed by atoms with van der Waals surface area (Å²) in [6.07, 6.45) is 0. The second-order valence-electron chi connectivity index (χ2n) is 5.23. The molecular weight excluding hydrogens is 372 g/mol. The normalized spacial score (nSPS) is 11.4. The number of halogens is 2. The van der Waals surface area contributed by atoms with Gasteiger partial charge in [0.2, 0.25) is 0 Å². The van der Waals surface area contributed by atoms with Crippen LogP contribution in [0, 0.1) is 11.6 Å². The molecular formula is C19H19F2N3O4. The highest BCUT2D eigenvalue weighted by Gasteiger charge is 2.27. The Morgan fingerprint density at radius 3 is 2.36 bits per heavy atom. The van der Waals surface area contributed by atoms with Gasteiger partial charge in [-0.1, -0.05) is 14.9 Å². The molecule has 0 unspecified atom stereocenters. The standard InChI is InChI=1S/C9H7FN2O2.C8H4FNO2.2CH4/c1-14-9(13)8-6-4-5(10)2-3-7(6)11-12-8;9-4-1-2-6-5(3-4)7(11)8(12)10-6;;/h2-4H,1H3,(H,11,12);1-3H,(H,10,11,12);2*1H4. The van der Waals surface area contributed by atoms with Crippen LogP contribution in [0.25, 0.3) is 10.9 Å². The van der Waals surface area contributed by atoms with Gasteiger partial charge in [0.15, 0.2) is 5.69 Å². The molecule has 7 nitrogen and oxygen atoms in total. The molecule has 9 heteroatoms. The Hall–Kier alpha value is -3.62. The number of benzene rings is 2. The van der Waals surface area contributed by atoms with E-state index < -0.39 is 29.3 Å². The molecule has 3 aromatic rings. The number of ketones is 1. The van der Waals surface area contributed by atoms with Gasteiger partial charge in [-0.05, 0) is 36.4 Å². The summed E-state index contributed by atoms with van der Waals surface area (Å²) in [6.45, 7) is 0. The van der Waals surface area contributed by atoms with E-state index in [4.69, 9.17) is 0 Å². The van der Waals surface area contributed by atoms with Crippen molar-refractivity contribution in [3.63, 3.8) is 0 Å². The highest BCUT2D eigenvalue weighted by atomic mass is 19.1. The molecule has 2 heterocycles. The Morgan fingerprint density at radius 1 is 1.04 bits per heavy atom. The quantitative estimate of drug-likeness (QED) is 0.486. The van der Waals surface area contributed by atoms with Crippen LogP contribution < -0.4 is 5.32 Å². The molecule has 0 atom stereocenters. The predicted octanol–water partition coefficient (Wildman–Crippen LogP) is 3.72. The van der Waals surface area contributed by atoms with E-state index in [-0.39, 0.29) is 26.1 Å². The van der Waals surface area contributed by atoms with Crippen molar-refractivity contribution < 1.29 is 27.9 Å². The summed E-state index contributed by atoms with van der Waals surface area (Å²) in [5, 5.41) is 9.10. The Morgan fingerprint density at radius 2 is 1.68 bits per heavy atom. The number of Topliss-reactive ketones (excluding diaryl/α,β-unsaturated/α-hetero) is 1. The minimum atomic E-state index is -0.699. The van der Waals surface area contributed by atoms with Gasteiger partial charge in [0.05, 0.1) is 23.9 Å². The second kappa shape index (κ2) is 8.85. The average Bonchev–Trinajstić information content (AvgIpc) is 3.16. The number of rotatable bonds is 1. The van der Waals surface area contributed by atoms with Gasteiger partial charge in [-0.25, -0.2) is 13.6 Å². The zero-order chi connectivity index (χ0) is 18.8. The molecule has 0 fully saturated rings. The number of amides is 1. The Labute approximate surface area is 159 Å². The monoisotopic (exact) mass is 391 g/mol. The van der Waals surface area contributed by atoms with Crippen LogP contribution in [0.4, 0.5) is 14.5 Å². The van der Waals surface area contributed by atoms with Crippen molar-refractivity contribution in [2.45, 2.75) is 14.9 Å². The van der Waals surface area contributed by atoms with Crippen molar-refractivity contribution in [3.05, 3.63) is 59.3 Å². The number of hydrogen-bond donors (Lipinski definition) is 2. The lowest BCUT2D eigenvalue weighted by Crippen LogP contribution is -2.12. The minimum absolute atomic E-state index is 0. The van der Waals surface area contributed by atoms with Crippen molar-refractivity contribution >= 4 is 34.3 Å². The van der Waals surface area contributed by atoms with Gasteiger partial charge in [-0.2, -0.15) is 5.10 Å². The summed E-state index contributed by atoms with van der Waals surface area (Å²) in [7, 11) is 1.25. The molecule has 2 N–H and O–H groups in total. The number of anilines is 1. The van der Waals surface area contributed by atoms with Crippen LogP contribution in [-0.2, 0) is 9.53 Å². The van der Waals surface area contributed by atoms with Crippen molar-refractivity contribution in [3.8, 4) is 0 Å². The topological polar surface area (TPSA) is 101 Å². The molecule has 1 aliphatic heterocycles. The molecule has 0 radical (unpaired) electrons. The second-order valence-corrected chi connectivity index (χ2v) is 5.23. The first kappa shape index (κ1) is 22.4. The zero-order valence-corrected chi connectivity index (χ0v) is 13.3. The number of aromatic amines is 1. The molecule has 1 aromatic heterocycles. The van der Waals surface area contributed by atoms with Gasteiger partial charge < -0.3 is 10.1 Å². The number of aromatic nitrogens is 2. The van der Waals surface area contributed by atoms with E-state index in [9.17, 15) is 23.2 Å². The van der Waals surface area contributed by atoms with E-state index in [1.54, 1.807) is 0 Å². The number of carbonyl (C=O) groups is 3. The fraction of sp³-hybridized carbons (Fsp3) is 0.158. The third-order valence-electron chi connectivity index (χ3n) is 3.58. The van der Waals surface area contributed by atoms with Gasteiger partial charge in [0, 0.05) is 5.39 Å². The number of carbonyl (C=O) groups excluding carboxylic acids is 3. The number of methoxy groups -OCH3 is 1. The van der Waals surface area contributed by atoms with Crippen LogP contribution in [0.3, 0.4) is 0 Å². The van der Waals surface area contributed by atoms with Gasteiger partial charge >= 0.3 is 5.97 Å². The lowest BCUT2D eigenvalue weighted by molar-refractivity contribution is -0.112. The van der Waals surface area contributed by atoms with E-state index in [1.807, 2.05) is 0 Å². The van der Waals surface area contributed by atoms with Gasteiger partial charge in [-0.3, -0.25) is 14.7 Å². The molecule has 1 amide bonds. The maximum atomic E-state index is 12.9. The maximum absolute atomic E-state index is 12.9. The zero-order valence-electron chi connectivity index (χ0n) is 13.3. The summed E-state index contributed by atoms with van der Waals surface area (Å²) < 4.78 is 29.9. The van der Waals surface area contributed by atoms with Crippen LogP contribution in [0.1, 0.15) is 35.7 Å². The molecule has 0 aliphatic carbocycles. The van der Waals surface area contributed by atoms with Crippen LogP contribution in [0.5, 0.6) is 0 Å². The van der Waals surface area contributed by atoms with Crippen molar-refractivity contribution in [1.29, 1.82) is 0 Å². The summed E-state index contributed by atoms with van der Waals surface area (Å²) in [4.78, 5) is 32.9. The Balaban J connectivity index is 0.000000264. The largest absolute Gasteiger partial charge is 0.464 e. The van der Waals surface area contributed by atoms with E-state index in [0.29, 0.717) is 16.6 Å². The Bertz CT molecular complexity index is 1050. The molecule has 148 valence electrons. The Kier molecular flexibility index (Phi) is 7.08. The average molecular weight is 391 g/mol. The number of esters is 1. The maximum Gasteiger partial charge on any atom is 0.359 e. The summed E-state index contributed by atoms with van der Waals surface area (Å²) in [5.41, 5.74) is 1.19. The smallest absolute Gasteiger partial charge is 0.359 e.